The van der Waals surface area contributed by atoms with E-state index in [0.29, 0.717) is 17.9 Å². The second kappa shape index (κ2) is 9.02. The van der Waals surface area contributed by atoms with E-state index in [2.05, 4.69) is 28.4 Å². The van der Waals surface area contributed by atoms with Crippen molar-refractivity contribution in [2.24, 2.45) is 0 Å². The summed E-state index contributed by atoms with van der Waals surface area (Å²) in [6, 6.07) is 17.0. The highest BCUT2D eigenvalue weighted by Gasteiger charge is 2.13. The minimum Gasteiger partial charge on any atom is -0.484 e. The Morgan fingerprint density at radius 3 is 2.46 bits per heavy atom. The van der Waals surface area contributed by atoms with Crippen molar-refractivity contribution in [3.63, 3.8) is 0 Å². The van der Waals surface area contributed by atoms with Gasteiger partial charge in [-0.1, -0.05) is 24.3 Å². The molecular weight excluding hydrogens is 326 g/mol. The van der Waals surface area contributed by atoms with Gasteiger partial charge in [0.2, 0.25) is 0 Å². The summed E-state index contributed by atoms with van der Waals surface area (Å²) in [7, 11) is 0. The third kappa shape index (κ3) is 5.08. The van der Waals surface area contributed by atoms with E-state index in [1.54, 1.807) is 24.3 Å². The van der Waals surface area contributed by atoms with Crippen LogP contribution in [0.25, 0.3) is 0 Å². The van der Waals surface area contributed by atoms with Gasteiger partial charge in [0.25, 0.3) is 5.91 Å². The molecule has 5 heteroatoms. The molecule has 1 aliphatic heterocycles. The zero-order valence-corrected chi connectivity index (χ0v) is 14.8. The molecule has 0 radical (unpaired) electrons. The second-order valence-electron chi connectivity index (χ2n) is 6.45. The number of nitrogens with one attached hydrogen (secondary N) is 1. The van der Waals surface area contributed by atoms with E-state index in [1.165, 1.54) is 18.4 Å². The first-order valence-electron chi connectivity index (χ1n) is 8.93. The number of hydrogen-bond donors (Lipinski definition) is 1. The number of carbonyl (C=O) groups excluding carboxylic acids is 1. The first-order chi connectivity index (χ1) is 12.7. The predicted octanol–water partition coefficient (Wildman–Crippen LogP) is 2.85. The Labute approximate surface area is 154 Å². The lowest BCUT2D eigenvalue weighted by molar-refractivity contribution is -0.123. The molecule has 134 valence electrons. The number of rotatable bonds is 7. The maximum Gasteiger partial charge on any atom is 0.258 e. The molecule has 1 N–H and O–H groups in total. The van der Waals surface area contributed by atoms with E-state index < -0.39 is 0 Å². The van der Waals surface area contributed by atoms with Crippen LogP contribution in [0.3, 0.4) is 0 Å². The molecule has 0 aromatic heterocycles. The molecular formula is C21H23N3O2. The molecule has 0 aliphatic carbocycles. The lowest BCUT2D eigenvalue weighted by Crippen LogP contribution is -2.29. The van der Waals surface area contributed by atoms with Crippen molar-refractivity contribution < 1.29 is 9.53 Å². The van der Waals surface area contributed by atoms with Crippen LogP contribution >= 0.6 is 0 Å². The summed E-state index contributed by atoms with van der Waals surface area (Å²) in [6.45, 7) is 3.70. The molecule has 1 saturated heterocycles. The average molecular weight is 349 g/mol. The Morgan fingerprint density at radius 1 is 1.08 bits per heavy atom. The molecule has 3 rings (SSSR count). The Hall–Kier alpha value is -2.84. The van der Waals surface area contributed by atoms with Crippen molar-refractivity contribution in [1.82, 2.24) is 10.2 Å². The van der Waals surface area contributed by atoms with Gasteiger partial charge in [0.1, 0.15) is 5.75 Å². The summed E-state index contributed by atoms with van der Waals surface area (Å²) >= 11 is 0. The molecule has 5 nitrogen and oxygen atoms in total. The molecule has 1 aliphatic rings. The molecule has 1 amide bonds. The van der Waals surface area contributed by atoms with Crippen molar-refractivity contribution in [3.05, 3.63) is 65.2 Å². The Balaban J connectivity index is 1.48. The molecule has 2 aromatic carbocycles. The Morgan fingerprint density at radius 2 is 1.77 bits per heavy atom. The van der Waals surface area contributed by atoms with Gasteiger partial charge in [-0.05, 0) is 61.3 Å². The summed E-state index contributed by atoms with van der Waals surface area (Å²) in [5.74, 6) is 0.416. The maximum absolute atomic E-state index is 12.1. The molecule has 0 bridgehead atoms. The highest BCUT2D eigenvalue weighted by molar-refractivity contribution is 5.77. The zero-order valence-electron chi connectivity index (χ0n) is 14.8. The van der Waals surface area contributed by atoms with E-state index in [0.717, 1.165) is 25.2 Å². The highest BCUT2D eigenvalue weighted by atomic mass is 16.5. The fraction of sp³-hybridized carbons (Fsp3) is 0.333. The van der Waals surface area contributed by atoms with Crippen molar-refractivity contribution >= 4 is 5.91 Å². The molecule has 1 heterocycles. The van der Waals surface area contributed by atoms with Crippen LogP contribution in [0.2, 0.25) is 0 Å². The van der Waals surface area contributed by atoms with E-state index in [4.69, 9.17) is 10.00 Å². The smallest absolute Gasteiger partial charge is 0.258 e. The number of likely N-dealkylation sites (tertiary alicyclic amines) is 1. The Kier molecular flexibility index (Phi) is 6.24. The van der Waals surface area contributed by atoms with Crippen LogP contribution in [0.4, 0.5) is 0 Å². The largest absolute Gasteiger partial charge is 0.484 e. The van der Waals surface area contributed by atoms with Gasteiger partial charge < -0.3 is 10.1 Å². The van der Waals surface area contributed by atoms with Gasteiger partial charge in [-0.3, -0.25) is 9.69 Å². The molecule has 0 atom stereocenters. The third-order valence-corrected chi connectivity index (χ3v) is 4.54. The van der Waals surface area contributed by atoms with E-state index in [9.17, 15) is 4.79 Å². The minimum atomic E-state index is -0.162. The number of carbonyl (C=O) groups is 1. The molecule has 26 heavy (non-hydrogen) atoms. The van der Waals surface area contributed by atoms with Gasteiger partial charge in [0, 0.05) is 13.1 Å². The normalized spacial score (nSPS) is 14.0. The second-order valence-corrected chi connectivity index (χ2v) is 6.45. The van der Waals surface area contributed by atoms with Crippen LogP contribution in [0.5, 0.6) is 5.75 Å². The number of benzene rings is 2. The quantitative estimate of drug-likeness (QED) is 0.835. The number of nitrogens with zero attached hydrogens (tertiary/aromatic N) is 2. The molecule has 1 fully saturated rings. The zero-order chi connectivity index (χ0) is 18.2. The fourth-order valence-electron chi connectivity index (χ4n) is 3.09. The van der Waals surface area contributed by atoms with Gasteiger partial charge in [0.05, 0.1) is 11.6 Å². The summed E-state index contributed by atoms with van der Waals surface area (Å²) in [5, 5.41) is 11.7. The SMILES string of the molecule is N#Cc1ccc(OCC(=O)NCc2ccccc2CN2CCCC2)cc1. The van der Waals surface area contributed by atoms with Crippen molar-refractivity contribution in [2.75, 3.05) is 19.7 Å². The van der Waals surface area contributed by atoms with Gasteiger partial charge in [0.15, 0.2) is 6.61 Å². The monoisotopic (exact) mass is 349 g/mol. The van der Waals surface area contributed by atoms with Gasteiger partial charge in [-0.2, -0.15) is 5.26 Å². The number of amides is 1. The molecule has 0 spiro atoms. The van der Waals surface area contributed by atoms with E-state index >= 15 is 0 Å². The lowest BCUT2D eigenvalue weighted by Gasteiger charge is -2.17. The van der Waals surface area contributed by atoms with Crippen LogP contribution in [-0.2, 0) is 17.9 Å². The topological polar surface area (TPSA) is 65.4 Å². The van der Waals surface area contributed by atoms with Crippen molar-refractivity contribution in [1.29, 1.82) is 5.26 Å². The van der Waals surface area contributed by atoms with Crippen LogP contribution in [0, 0.1) is 11.3 Å². The summed E-state index contributed by atoms with van der Waals surface area (Å²) in [5.41, 5.74) is 2.98. The van der Waals surface area contributed by atoms with Crippen LogP contribution in [0.1, 0.15) is 29.5 Å². The first kappa shape index (κ1) is 18.0. The third-order valence-electron chi connectivity index (χ3n) is 4.54. The van der Waals surface area contributed by atoms with Crippen molar-refractivity contribution in [2.45, 2.75) is 25.9 Å². The molecule has 2 aromatic rings. The summed E-state index contributed by atoms with van der Waals surface area (Å²) < 4.78 is 5.46. The van der Waals surface area contributed by atoms with Gasteiger partial charge in [-0.25, -0.2) is 0 Å². The first-order valence-corrected chi connectivity index (χ1v) is 8.93. The summed E-state index contributed by atoms with van der Waals surface area (Å²) in [4.78, 5) is 14.5. The molecule has 0 saturated carbocycles. The number of ether oxygens (including phenoxy) is 1. The summed E-state index contributed by atoms with van der Waals surface area (Å²) in [6.07, 6.45) is 2.54. The highest BCUT2D eigenvalue weighted by Crippen LogP contribution is 2.16. The predicted molar refractivity (Wildman–Crippen MR) is 99.5 cm³/mol. The standard InChI is InChI=1S/C21H23N3O2/c22-13-17-7-9-20(10-8-17)26-16-21(25)23-14-18-5-1-2-6-19(18)15-24-11-3-4-12-24/h1-2,5-10H,3-4,11-12,14-16H2,(H,23,25). The van der Waals surface area contributed by atoms with Crippen LogP contribution < -0.4 is 10.1 Å². The van der Waals surface area contributed by atoms with Gasteiger partial charge >= 0.3 is 0 Å². The Bertz CT molecular complexity index is 775. The van der Waals surface area contributed by atoms with Crippen LogP contribution in [0.15, 0.2) is 48.5 Å². The number of hydrogen-bond acceptors (Lipinski definition) is 4. The molecule has 0 unspecified atom stereocenters. The number of nitriles is 1. The lowest BCUT2D eigenvalue weighted by atomic mass is 10.1. The fourth-order valence-corrected chi connectivity index (χ4v) is 3.09. The van der Waals surface area contributed by atoms with Crippen LogP contribution in [-0.4, -0.2) is 30.5 Å². The van der Waals surface area contributed by atoms with E-state index in [1.807, 2.05) is 12.1 Å². The average Bonchev–Trinajstić information content (AvgIpc) is 3.19. The maximum atomic E-state index is 12.1. The van der Waals surface area contributed by atoms with Gasteiger partial charge in [-0.15, -0.1) is 0 Å². The van der Waals surface area contributed by atoms with E-state index in [-0.39, 0.29) is 12.5 Å². The van der Waals surface area contributed by atoms with Crippen molar-refractivity contribution in [3.8, 4) is 11.8 Å². The minimum absolute atomic E-state index is 0.0415.